The minimum Gasteiger partial charge on any atom is -0.508 e. The maximum Gasteiger partial charge on any atom is 0.406 e. The van der Waals surface area contributed by atoms with E-state index in [0.29, 0.717) is 5.56 Å². The minimum atomic E-state index is -4.43. The number of amides is 1. The first-order chi connectivity index (χ1) is 8.83. The van der Waals surface area contributed by atoms with Gasteiger partial charge < -0.3 is 10.0 Å². The van der Waals surface area contributed by atoms with Gasteiger partial charge in [-0.2, -0.15) is 13.2 Å². The summed E-state index contributed by atoms with van der Waals surface area (Å²) in [6.07, 6.45) is -4.69. The molecule has 1 N–H and O–H groups in total. The van der Waals surface area contributed by atoms with Crippen molar-refractivity contribution in [2.75, 3.05) is 18.4 Å². The van der Waals surface area contributed by atoms with E-state index in [1.807, 2.05) is 0 Å². The van der Waals surface area contributed by atoms with Crippen molar-refractivity contribution in [2.24, 2.45) is 0 Å². The predicted octanol–water partition coefficient (Wildman–Crippen LogP) is 2.72. The molecule has 0 aliphatic carbocycles. The zero-order valence-corrected chi connectivity index (χ0v) is 11.5. The van der Waals surface area contributed by atoms with Gasteiger partial charge in [0.15, 0.2) is 0 Å². The normalized spacial score (nSPS) is 11.4. The molecule has 1 aromatic rings. The number of phenolic OH excluding ortho intramolecular Hbond substituents is 1. The van der Waals surface area contributed by atoms with Crippen LogP contribution in [0.2, 0.25) is 0 Å². The number of carbonyl (C=O) groups excluding carboxylic acids is 1. The van der Waals surface area contributed by atoms with Gasteiger partial charge in [0.05, 0.1) is 6.42 Å². The molecule has 0 bridgehead atoms. The van der Waals surface area contributed by atoms with Gasteiger partial charge >= 0.3 is 6.18 Å². The fourth-order valence-electron chi connectivity index (χ4n) is 1.55. The van der Waals surface area contributed by atoms with Gasteiger partial charge in [-0.25, -0.2) is 0 Å². The molecular formula is C12H13BrF3NO2. The van der Waals surface area contributed by atoms with Gasteiger partial charge in [-0.3, -0.25) is 4.79 Å². The number of hydrogen-bond acceptors (Lipinski definition) is 2. The van der Waals surface area contributed by atoms with Gasteiger partial charge in [-0.1, -0.05) is 34.1 Å². The second-order valence-corrected chi connectivity index (χ2v) is 4.72. The van der Waals surface area contributed by atoms with Crippen molar-refractivity contribution in [1.82, 2.24) is 4.90 Å². The first-order valence-electron chi connectivity index (χ1n) is 5.51. The second-order valence-electron chi connectivity index (χ2n) is 3.92. The molecule has 1 amide bonds. The van der Waals surface area contributed by atoms with Gasteiger partial charge in [0, 0.05) is 17.4 Å². The molecule has 106 valence electrons. The van der Waals surface area contributed by atoms with Crippen molar-refractivity contribution in [2.45, 2.75) is 12.6 Å². The van der Waals surface area contributed by atoms with E-state index in [9.17, 15) is 23.1 Å². The Morgan fingerprint density at radius 3 is 2.47 bits per heavy atom. The molecule has 0 aliphatic heterocycles. The van der Waals surface area contributed by atoms with Gasteiger partial charge in [-0.05, 0) is 6.07 Å². The van der Waals surface area contributed by atoms with Crippen LogP contribution in [-0.2, 0) is 11.2 Å². The van der Waals surface area contributed by atoms with Crippen molar-refractivity contribution in [3.05, 3.63) is 29.8 Å². The SMILES string of the molecule is O=C(Cc1ccccc1O)N(CCBr)CC(F)(F)F. The highest BCUT2D eigenvalue weighted by Crippen LogP contribution is 2.20. The molecule has 0 fully saturated rings. The highest BCUT2D eigenvalue weighted by atomic mass is 79.9. The summed E-state index contributed by atoms with van der Waals surface area (Å²) in [4.78, 5) is 12.5. The summed E-state index contributed by atoms with van der Waals surface area (Å²) in [7, 11) is 0. The number of carbonyl (C=O) groups is 1. The number of para-hydroxylation sites is 1. The van der Waals surface area contributed by atoms with Crippen molar-refractivity contribution in [1.29, 1.82) is 0 Å². The molecule has 1 rings (SSSR count). The van der Waals surface area contributed by atoms with E-state index in [-0.39, 0.29) is 24.0 Å². The number of rotatable bonds is 5. The maximum absolute atomic E-state index is 12.3. The van der Waals surface area contributed by atoms with Crippen LogP contribution in [0.4, 0.5) is 13.2 Å². The van der Waals surface area contributed by atoms with E-state index < -0.39 is 18.6 Å². The van der Waals surface area contributed by atoms with E-state index in [1.165, 1.54) is 12.1 Å². The van der Waals surface area contributed by atoms with E-state index in [4.69, 9.17) is 0 Å². The Morgan fingerprint density at radius 1 is 1.32 bits per heavy atom. The first kappa shape index (κ1) is 15.8. The molecule has 1 aromatic carbocycles. The number of halogens is 4. The van der Waals surface area contributed by atoms with Crippen molar-refractivity contribution < 1.29 is 23.1 Å². The second kappa shape index (κ2) is 6.79. The average Bonchev–Trinajstić information content (AvgIpc) is 2.30. The minimum absolute atomic E-state index is 0.0358. The van der Waals surface area contributed by atoms with Crippen LogP contribution >= 0.6 is 15.9 Å². The van der Waals surface area contributed by atoms with Crippen LogP contribution in [-0.4, -0.2) is 40.5 Å². The van der Waals surface area contributed by atoms with Crippen LogP contribution in [0.25, 0.3) is 0 Å². The lowest BCUT2D eigenvalue weighted by Crippen LogP contribution is -2.40. The third-order valence-electron chi connectivity index (χ3n) is 2.41. The van der Waals surface area contributed by atoms with Crippen molar-refractivity contribution in [3.8, 4) is 5.75 Å². The Balaban J connectivity index is 2.75. The highest BCUT2D eigenvalue weighted by Gasteiger charge is 2.32. The van der Waals surface area contributed by atoms with E-state index in [1.54, 1.807) is 12.1 Å². The van der Waals surface area contributed by atoms with Gasteiger partial charge in [-0.15, -0.1) is 0 Å². The van der Waals surface area contributed by atoms with Crippen LogP contribution in [0.15, 0.2) is 24.3 Å². The Bertz CT molecular complexity index is 437. The zero-order valence-electron chi connectivity index (χ0n) is 9.95. The molecule has 0 spiro atoms. The lowest BCUT2D eigenvalue weighted by molar-refractivity contribution is -0.160. The summed E-state index contributed by atoms with van der Waals surface area (Å²) >= 11 is 3.02. The molecule has 0 radical (unpaired) electrons. The monoisotopic (exact) mass is 339 g/mol. The molecule has 3 nitrogen and oxygen atoms in total. The number of hydrogen-bond donors (Lipinski definition) is 1. The number of alkyl halides is 4. The van der Waals surface area contributed by atoms with E-state index in [2.05, 4.69) is 15.9 Å². The summed E-state index contributed by atoms with van der Waals surface area (Å²) in [5, 5.41) is 9.76. The molecule has 0 saturated heterocycles. The molecule has 0 atom stereocenters. The standard InChI is InChI=1S/C12H13BrF3NO2/c13-5-6-17(8-12(14,15)16)11(19)7-9-3-1-2-4-10(9)18/h1-4,18H,5-8H2. The largest absolute Gasteiger partial charge is 0.508 e. The Morgan fingerprint density at radius 2 is 1.95 bits per heavy atom. The Labute approximate surface area is 117 Å². The lowest BCUT2D eigenvalue weighted by Gasteiger charge is -2.23. The lowest BCUT2D eigenvalue weighted by atomic mass is 10.1. The molecule has 0 saturated carbocycles. The van der Waals surface area contributed by atoms with Gasteiger partial charge in [0.1, 0.15) is 12.3 Å². The smallest absolute Gasteiger partial charge is 0.406 e. The summed E-state index contributed by atoms with van der Waals surface area (Å²) in [6, 6.07) is 6.09. The molecule has 7 heteroatoms. The van der Waals surface area contributed by atoms with Gasteiger partial charge in [0.25, 0.3) is 0 Å². The van der Waals surface area contributed by atoms with E-state index >= 15 is 0 Å². The predicted molar refractivity (Wildman–Crippen MR) is 68.2 cm³/mol. The molecule has 0 unspecified atom stereocenters. The summed E-state index contributed by atoms with van der Waals surface area (Å²) in [6.45, 7) is -1.32. The van der Waals surface area contributed by atoms with E-state index in [0.717, 1.165) is 4.90 Å². The molecule has 0 aromatic heterocycles. The Hall–Kier alpha value is -1.24. The molecular weight excluding hydrogens is 327 g/mol. The zero-order chi connectivity index (χ0) is 14.5. The molecule has 0 aliphatic rings. The van der Waals surface area contributed by atoms with Crippen LogP contribution in [0, 0.1) is 0 Å². The third-order valence-corrected chi connectivity index (χ3v) is 2.77. The van der Waals surface area contributed by atoms with Crippen LogP contribution < -0.4 is 0 Å². The van der Waals surface area contributed by atoms with Crippen LogP contribution in [0.3, 0.4) is 0 Å². The number of benzene rings is 1. The van der Waals surface area contributed by atoms with Crippen molar-refractivity contribution >= 4 is 21.8 Å². The fraction of sp³-hybridized carbons (Fsp3) is 0.417. The quantitative estimate of drug-likeness (QED) is 0.838. The van der Waals surface area contributed by atoms with Crippen LogP contribution in [0.1, 0.15) is 5.56 Å². The molecule has 19 heavy (non-hydrogen) atoms. The average molecular weight is 340 g/mol. The summed E-state index contributed by atoms with van der Waals surface area (Å²) < 4.78 is 37.0. The Kier molecular flexibility index (Phi) is 5.65. The summed E-state index contributed by atoms with van der Waals surface area (Å²) in [5.41, 5.74) is 0.314. The maximum atomic E-state index is 12.3. The topological polar surface area (TPSA) is 40.5 Å². The van der Waals surface area contributed by atoms with Crippen LogP contribution in [0.5, 0.6) is 5.75 Å². The van der Waals surface area contributed by atoms with Crippen molar-refractivity contribution in [3.63, 3.8) is 0 Å². The number of aromatic hydroxyl groups is 1. The number of phenols is 1. The number of nitrogens with zero attached hydrogens (tertiary/aromatic N) is 1. The fourth-order valence-corrected chi connectivity index (χ4v) is 1.97. The summed E-state index contributed by atoms with van der Waals surface area (Å²) in [5.74, 6) is -0.764. The van der Waals surface area contributed by atoms with Gasteiger partial charge in [0.2, 0.25) is 5.91 Å². The molecule has 0 heterocycles. The highest BCUT2D eigenvalue weighted by molar-refractivity contribution is 9.09. The first-order valence-corrected chi connectivity index (χ1v) is 6.63. The third kappa shape index (κ3) is 5.50.